The Labute approximate surface area is 288 Å². The first-order valence-electron chi connectivity index (χ1n) is 17.2. The SMILES string of the molecule is Cc1cc(-c2cccc(-c3c4ccccc4c(-c4ccc5ccccc5c4)c4ccccc34)c2)ccc1-c1cc2c(cc1C)C=CCC=C2. The fraction of sp³-hybridized carbons (Fsp3) is 0.0612. The second-order valence-electron chi connectivity index (χ2n) is 13.4. The highest BCUT2D eigenvalue weighted by atomic mass is 14.2. The van der Waals surface area contributed by atoms with Crippen LogP contribution in [0.2, 0.25) is 0 Å². The molecule has 0 unspecified atom stereocenters. The van der Waals surface area contributed by atoms with E-state index in [1.54, 1.807) is 0 Å². The largest absolute Gasteiger partial charge is 0.0801 e. The van der Waals surface area contributed by atoms with Gasteiger partial charge < -0.3 is 0 Å². The molecule has 0 N–H and O–H groups in total. The summed E-state index contributed by atoms with van der Waals surface area (Å²) >= 11 is 0. The van der Waals surface area contributed by atoms with Crippen molar-refractivity contribution >= 4 is 44.5 Å². The summed E-state index contributed by atoms with van der Waals surface area (Å²) in [5.41, 5.74) is 15.3. The highest BCUT2D eigenvalue weighted by Gasteiger charge is 2.17. The topological polar surface area (TPSA) is 0 Å². The predicted octanol–water partition coefficient (Wildman–Crippen LogP) is 13.9. The van der Waals surface area contributed by atoms with E-state index in [-0.39, 0.29) is 0 Å². The molecule has 49 heavy (non-hydrogen) atoms. The molecular weight excluding hydrogens is 589 g/mol. The van der Waals surface area contributed by atoms with Crippen LogP contribution in [-0.2, 0) is 0 Å². The van der Waals surface area contributed by atoms with Crippen molar-refractivity contribution in [2.75, 3.05) is 0 Å². The van der Waals surface area contributed by atoms with Crippen LogP contribution in [0, 0.1) is 13.8 Å². The van der Waals surface area contributed by atoms with E-state index in [1.807, 2.05) is 0 Å². The van der Waals surface area contributed by atoms with Crippen LogP contribution in [0.15, 0.2) is 158 Å². The van der Waals surface area contributed by atoms with Gasteiger partial charge in [-0.15, -0.1) is 0 Å². The van der Waals surface area contributed by atoms with Gasteiger partial charge in [0.15, 0.2) is 0 Å². The Kier molecular flexibility index (Phi) is 7.10. The molecule has 0 aromatic heterocycles. The molecular formula is C49H36. The average molecular weight is 625 g/mol. The van der Waals surface area contributed by atoms with Crippen molar-refractivity contribution in [3.8, 4) is 44.5 Å². The second kappa shape index (κ2) is 11.9. The molecule has 0 fully saturated rings. The van der Waals surface area contributed by atoms with Crippen LogP contribution in [0.4, 0.5) is 0 Å². The fourth-order valence-corrected chi connectivity index (χ4v) is 7.89. The number of hydrogen-bond donors (Lipinski definition) is 0. The van der Waals surface area contributed by atoms with Crippen molar-refractivity contribution in [3.05, 3.63) is 180 Å². The average Bonchev–Trinajstić information content (AvgIpc) is 3.38. The Hall–Kier alpha value is -5.98. The summed E-state index contributed by atoms with van der Waals surface area (Å²) in [5.74, 6) is 0. The first-order valence-corrected chi connectivity index (χ1v) is 17.2. The Morgan fingerprint density at radius 1 is 0.367 bits per heavy atom. The number of fused-ring (bicyclic) bond motifs is 4. The van der Waals surface area contributed by atoms with Gasteiger partial charge in [-0.25, -0.2) is 0 Å². The van der Waals surface area contributed by atoms with E-state index in [4.69, 9.17) is 0 Å². The third kappa shape index (κ3) is 5.09. The van der Waals surface area contributed by atoms with Gasteiger partial charge in [0, 0.05) is 0 Å². The van der Waals surface area contributed by atoms with Crippen molar-refractivity contribution in [1.82, 2.24) is 0 Å². The van der Waals surface area contributed by atoms with Crippen LogP contribution in [0.5, 0.6) is 0 Å². The standard InChI is InChI=1S/C49H36/c1-32-27-39(25-26-42(32)47-31-38-15-5-3-4-14-35(38)28-33(47)2)37-17-12-18-40(30-37)48-43-19-8-10-21-45(43)49(46-22-11-9-20-44(46)48)41-24-23-34-13-6-7-16-36(34)29-41/h4-31H,3H2,1-2H3. The van der Waals surface area contributed by atoms with Gasteiger partial charge in [0.25, 0.3) is 0 Å². The molecule has 0 saturated carbocycles. The molecule has 0 bridgehead atoms. The lowest BCUT2D eigenvalue weighted by molar-refractivity contribution is 1.39. The van der Waals surface area contributed by atoms with Crippen LogP contribution in [0.1, 0.15) is 28.7 Å². The molecule has 0 nitrogen and oxygen atoms in total. The van der Waals surface area contributed by atoms with Crippen molar-refractivity contribution in [2.24, 2.45) is 0 Å². The van der Waals surface area contributed by atoms with Gasteiger partial charge in [-0.1, -0.05) is 152 Å². The smallest absolute Gasteiger partial charge is 0.00262 e. The second-order valence-corrected chi connectivity index (χ2v) is 13.4. The highest BCUT2D eigenvalue weighted by Crippen LogP contribution is 2.45. The maximum Gasteiger partial charge on any atom is -0.00262 e. The third-order valence-electron chi connectivity index (χ3n) is 10.3. The van der Waals surface area contributed by atoms with Gasteiger partial charge >= 0.3 is 0 Å². The molecule has 1 aliphatic rings. The number of hydrogen-bond acceptors (Lipinski definition) is 0. The summed E-state index contributed by atoms with van der Waals surface area (Å²) in [6.45, 7) is 4.48. The van der Waals surface area contributed by atoms with E-state index in [0.29, 0.717) is 0 Å². The minimum absolute atomic E-state index is 0.982. The van der Waals surface area contributed by atoms with Crippen LogP contribution >= 0.6 is 0 Å². The summed E-state index contributed by atoms with van der Waals surface area (Å²) in [5, 5.41) is 7.63. The van der Waals surface area contributed by atoms with E-state index >= 15 is 0 Å². The Morgan fingerprint density at radius 2 is 0.898 bits per heavy atom. The number of rotatable bonds is 4. The molecule has 0 heteroatoms. The number of aryl methyl sites for hydroxylation is 2. The summed E-state index contributed by atoms with van der Waals surface area (Å²) in [6.07, 6.45) is 9.97. The molecule has 1 aliphatic carbocycles. The molecule has 0 saturated heterocycles. The molecule has 8 aromatic carbocycles. The van der Waals surface area contributed by atoms with Gasteiger partial charge in [-0.2, -0.15) is 0 Å². The van der Waals surface area contributed by atoms with Crippen LogP contribution in [0.3, 0.4) is 0 Å². The molecule has 0 spiro atoms. The summed E-state index contributed by atoms with van der Waals surface area (Å²) in [4.78, 5) is 0. The zero-order valence-corrected chi connectivity index (χ0v) is 27.9. The molecule has 0 heterocycles. The monoisotopic (exact) mass is 624 g/mol. The predicted molar refractivity (Wildman–Crippen MR) is 213 cm³/mol. The van der Waals surface area contributed by atoms with E-state index in [2.05, 4.69) is 184 Å². The van der Waals surface area contributed by atoms with E-state index in [1.165, 1.54) is 99.1 Å². The molecule has 0 atom stereocenters. The van der Waals surface area contributed by atoms with Gasteiger partial charge in [0.2, 0.25) is 0 Å². The molecule has 8 aromatic rings. The fourth-order valence-electron chi connectivity index (χ4n) is 7.89. The Balaban J connectivity index is 1.18. The summed E-state index contributed by atoms with van der Waals surface area (Å²) in [6, 6.07) is 54.1. The molecule has 0 radical (unpaired) electrons. The normalized spacial score (nSPS) is 12.4. The number of allylic oxidation sites excluding steroid dienone is 2. The molecule has 0 amide bonds. The Morgan fingerprint density at radius 3 is 1.57 bits per heavy atom. The van der Waals surface area contributed by atoms with Gasteiger partial charge in [-0.3, -0.25) is 0 Å². The zero-order chi connectivity index (χ0) is 32.9. The van der Waals surface area contributed by atoms with E-state index < -0.39 is 0 Å². The van der Waals surface area contributed by atoms with Gasteiger partial charge in [0.05, 0.1) is 0 Å². The summed E-state index contributed by atoms with van der Waals surface area (Å²) < 4.78 is 0. The minimum atomic E-state index is 0.982. The first kappa shape index (κ1) is 29.2. The quantitative estimate of drug-likeness (QED) is 0.171. The Bertz CT molecular complexity index is 2590. The van der Waals surface area contributed by atoms with E-state index in [0.717, 1.165) is 6.42 Å². The molecule has 0 aliphatic heterocycles. The zero-order valence-electron chi connectivity index (χ0n) is 27.9. The lowest BCUT2D eigenvalue weighted by atomic mass is 9.85. The lowest BCUT2D eigenvalue weighted by Gasteiger charge is -2.18. The van der Waals surface area contributed by atoms with Crippen molar-refractivity contribution in [1.29, 1.82) is 0 Å². The van der Waals surface area contributed by atoms with Crippen LogP contribution in [0.25, 0.3) is 89.0 Å². The third-order valence-corrected chi connectivity index (χ3v) is 10.3. The number of benzene rings is 8. The van der Waals surface area contributed by atoms with Gasteiger partial charge in [-0.05, 0) is 138 Å². The lowest BCUT2D eigenvalue weighted by Crippen LogP contribution is -1.93. The van der Waals surface area contributed by atoms with Crippen molar-refractivity contribution in [2.45, 2.75) is 20.3 Å². The maximum atomic E-state index is 2.38. The first-order chi connectivity index (χ1) is 24.1. The van der Waals surface area contributed by atoms with Crippen LogP contribution < -0.4 is 0 Å². The molecule has 9 rings (SSSR count). The minimum Gasteiger partial charge on any atom is -0.0801 e. The van der Waals surface area contributed by atoms with Crippen LogP contribution in [-0.4, -0.2) is 0 Å². The van der Waals surface area contributed by atoms with Gasteiger partial charge in [0.1, 0.15) is 0 Å². The highest BCUT2D eigenvalue weighted by molar-refractivity contribution is 6.21. The maximum absolute atomic E-state index is 2.38. The van der Waals surface area contributed by atoms with E-state index in [9.17, 15) is 0 Å². The van der Waals surface area contributed by atoms with Crippen molar-refractivity contribution in [3.63, 3.8) is 0 Å². The van der Waals surface area contributed by atoms with Crippen molar-refractivity contribution < 1.29 is 0 Å². The summed E-state index contributed by atoms with van der Waals surface area (Å²) in [7, 11) is 0. The molecule has 232 valence electrons.